The van der Waals surface area contributed by atoms with Crippen LogP contribution in [0.25, 0.3) is 0 Å². The first kappa shape index (κ1) is 16.6. The normalized spacial score (nSPS) is 13.7. The lowest BCUT2D eigenvalue weighted by molar-refractivity contribution is 0.171. The zero-order valence-corrected chi connectivity index (χ0v) is 13.5. The van der Waals surface area contributed by atoms with Crippen molar-refractivity contribution in [2.45, 2.75) is 45.2 Å². The van der Waals surface area contributed by atoms with Crippen molar-refractivity contribution in [1.29, 1.82) is 0 Å². The summed E-state index contributed by atoms with van der Waals surface area (Å²) in [6.45, 7) is 4.16. The van der Waals surface area contributed by atoms with E-state index in [1.807, 2.05) is 6.92 Å². The van der Waals surface area contributed by atoms with Gasteiger partial charge in [0.05, 0.1) is 13.7 Å². The van der Waals surface area contributed by atoms with Gasteiger partial charge >= 0.3 is 6.09 Å². The Hall–Kier alpha value is -1.75. The van der Waals surface area contributed by atoms with Gasteiger partial charge in [0.15, 0.2) is 0 Å². The fourth-order valence-electron chi connectivity index (χ4n) is 2.33. The first-order valence-corrected chi connectivity index (χ1v) is 8.02. The third-order valence-corrected chi connectivity index (χ3v) is 3.67. The minimum Gasteiger partial charge on any atom is -0.494 e. The van der Waals surface area contributed by atoms with Gasteiger partial charge in [0.25, 0.3) is 0 Å². The highest BCUT2D eigenvalue weighted by atomic mass is 16.5. The molecular formula is C17H26N2O3. The van der Waals surface area contributed by atoms with Gasteiger partial charge in [0.2, 0.25) is 0 Å². The molecule has 1 aliphatic rings. The van der Waals surface area contributed by atoms with E-state index in [-0.39, 0.29) is 6.09 Å². The Morgan fingerprint density at radius 2 is 2.18 bits per heavy atom. The van der Waals surface area contributed by atoms with E-state index in [0.717, 1.165) is 25.1 Å². The summed E-state index contributed by atoms with van der Waals surface area (Å²) in [6.07, 6.45) is 3.93. The number of rotatable bonds is 9. The number of carbonyl (C=O) groups is 1. The Morgan fingerprint density at radius 3 is 2.86 bits per heavy atom. The third kappa shape index (κ3) is 5.56. The SMILES string of the molecule is CCOc1ccc(CNC2CC2)cc1CCCNC(=O)OC. The fraction of sp³-hybridized carbons (Fsp3) is 0.588. The molecule has 0 spiro atoms. The van der Waals surface area contributed by atoms with Crippen LogP contribution in [0, 0.1) is 0 Å². The molecule has 0 radical (unpaired) electrons. The average molecular weight is 306 g/mol. The highest BCUT2D eigenvalue weighted by Crippen LogP contribution is 2.23. The standard InChI is InChI=1S/C17H26N2O3/c1-3-22-16-9-6-13(12-19-15-7-8-15)11-14(16)5-4-10-18-17(20)21-2/h6,9,11,15,19H,3-5,7-8,10,12H2,1-2H3,(H,18,20). The average Bonchev–Trinajstić information content (AvgIpc) is 3.35. The molecule has 5 heteroatoms. The van der Waals surface area contributed by atoms with Crippen LogP contribution in [0.2, 0.25) is 0 Å². The molecule has 2 N–H and O–H groups in total. The molecule has 1 aromatic carbocycles. The van der Waals surface area contributed by atoms with Crippen molar-refractivity contribution in [2.24, 2.45) is 0 Å². The molecule has 1 saturated carbocycles. The molecule has 0 aliphatic heterocycles. The van der Waals surface area contributed by atoms with Gasteiger partial charge in [-0.2, -0.15) is 0 Å². The van der Waals surface area contributed by atoms with Crippen molar-refractivity contribution < 1.29 is 14.3 Å². The Balaban J connectivity index is 1.88. The lowest BCUT2D eigenvalue weighted by atomic mass is 10.0. The second-order valence-electron chi connectivity index (χ2n) is 5.55. The molecule has 0 heterocycles. The molecule has 1 amide bonds. The van der Waals surface area contributed by atoms with E-state index in [0.29, 0.717) is 19.2 Å². The van der Waals surface area contributed by atoms with Crippen LogP contribution in [0.15, 0.2) is 18.2 Å². The Kier molecular flexibility index (Phi) is 6.52. The number of alkyl carbamates (subject to hydrolysis) is 1. The van der Waals surface area contributed by atoms with Crippen LogP contribution in [-0.2, 0) is 17.7 Å². The van der Waals surface area contributed by atoms with Crippen LogP contribution in [0.4, 0.5) is 4.79 Å². The quantitative estimate of drug-likeness (QED) is 0.689. The minimum absolute atomic E-state index is 0.382. The van der Waals surface area contributed by atoms with Crippen molar-refractivity contribution >= 4 is 6.09 Å². The lowest BCUT2D eigenvalue weighted by Crippen LogP contribution is -2.24. The van der Waals surface area contributed by atoms with E-state index in [1.165, 1.54) is 31.1 Å². The van der Waals surface area contributed by atoms with Gasteiger partial charge in [-0.25, -0.2) is 4.79 Å². The highest BCUT2D eigenvalue weighted by Gasteiger charge is 2.20. The summed E-state index contributed by atoms with van der Waals surface area (Å²) in [4.78, 5) is 11.0. The largest absolute Gasteiger partial charge is 0.494 e. The first-order valence-electron chi connectivity index (χ1n) is 8.02. The maximum absolute atomic E-state index is 11.0. The van der Waals surface area contributed by atoms with E-state index in [1.54, 1.807) is 0 Å². The Labute approximate surface area is 132 Å². The molecule has 122 valence electrons. The molecule has 1 fully saturated rings. The summed E-state index contributed by atoms with van der Waals surface area (Å²) in [5, 5.41) is 6.23. The molecule has 22 heavy (non-hydrogen) atoms. The fourth-order valence-corrected chi connectivity index (χ4v) is 2.33. The molecule has 0 aromatic heterocycles. The maximum Gasteiger partial charge on any atom is 0.406 e. The van der Waals surface area contributed by atoms with E-state index in [2.05, 4.69) is 33.6 Å². The Morgan fingerprint density at radius 1 is 1.36 bits per heavy atom. The summed E-state index contributed by atoms with van der Waals surface area (Å²) < 4.78 is 10.3. The van der Waals surface area contributed by atoms with Gasteiger partial charge in [-0.15, -0.1) is 0 Å². The molecular weight excluding hydrogens is 280 g/mol. The highest BCUT2D eigenvalue weighted by molar-refractivity contribution is 5.66. The number of hydrogen-bond donors (Lipinski definition) is 2. The number of aryl methyl sites for hydroxylation is 1. The molecule has 0 unspecified atom stereocenters. The number of nitrogens with one attached hydrogen (secondary N) is 2. The van der Waals surface area contributed by atoms with Crippen molar-refractivity contribution in [1.82, 2.24) is 10.6 Å². The summed E-state index contributed by atoms with van der Waals surface area (Å²) in [6, 6.07) is 7.09. The van der Waals surface area contributed by atoms with E-state index in [4.69, 9.17) is 4.74 Å². The first-order chi connectivity index (χ1) is 10.7. The molecule has 1 aliphatic carbocycles. The zero-order valence-electron chi connectivity index (χ0n) is 13.5. The Bertz CT molecular complexity index is 487. The van der Waals surface area contributed by atoms with Crippen molar-refractivity contribution in [3.05, 3.63) is 29.3 Å². The summed E-state index contributed by atoms with van der Waals surface area (Å²) in [7, 11) is 1.37. The van der Waals surface area contributed by atoms with Crippen LogP contribution in [0.3, 0.4) is 0 Å². The van der Waals surface area contributed by atoms with Gasteiger partial charge in [-0.1, -0.05) is 12.1 Å². The number of carbonyl (C=O) groups excluding carboxylic acids is 1. The smallest absolute Gasteiger partial charge is 0.406 e. The second kappa shape index (κ2) is 8.63. The monoisotopic (exact) mass is 306 g/mol. The second-order valence-corrected chi connectivity index (χ2v) is 5.55. The zero-order chi connectivity index (χ0) is 15.8. The van der Waals surface area contributed by atoms with E-state index >= 15 is 0 Å². The molecule has 0 atom stereocenters. The van der Waals surface area contributed by atoms with Gasteiger partial charge < -0.3 is 20.1 Å². The number of methoxy groups -OCH3 is 1. The number of ether oxygens (including phenoxy) is 2. The van der Waals surface area contributed by atoms with Crippen LogP contribution >= 0.6 is 0 Å². The predicted octanol–water partition coefficient (Wildman–Crippen LogP) is 2.63. The molecule has 1 aromatic rings. The molecule has 2 rings (SSSR count). The summed E-state index contributed by atoms with van der Waals surface area (Å²) >= 11 is 0. The number of benzene rings is 1. The van der Waals surface area contributed by atoms with Gasteiger partial charge in [0, 0.05) is 19.1 Å². The van der Waals surface area contributed by atoms with Crippen molar-refractivity contribution in [3.8, 4) is 5.75 Å². The number of hydrogen-bond acceptors (Lipinski definition) is 4. The number of amides is 1. The molecule has 5 nitrogen and oxygen atoms in total. The van der Waals surface area contributed by atoms with Crippen molar-refractivity contribution in [3.63, 3.8) is 0 Å². The topological polar surface area (TPSA) is 59.6 Å². The van der Waals surface area contributed by atoms with Crippen molar-refractivity contribution in [2.75, 3.05) is 20.3 Å². The summed E-state index contributed by atoms with van der Waals surface area (Å²) in [5.41, 5.74) is 2.48. The maximum atomic E-state index is 11.0. The van der Waals surface area contributed by atoms with Crippen LogP contribution in [-0.4, -0.2) is 32.4 Å². The predicted molar refractivity (Wildman–Crippen MR) is 86.2 cm³/mol. The van der Waals surface area contributed by atoms with Gasteiger partial charge in [-0.3, -0.25) is 0 Å². The lowest BCUT2D eigenvalue weighted by Gasteiger charge is -2.13. The van der Waals surface area contributed by atoms with Gasteiger partial charge in [0.1, 0.15) is 5.75 Å². The van der Waals surface area contributed by atoms with E-state index in [9.17, 15) is 4.79 Å². The third-order valence-electron chi connectivity index (χ3n) is 3.67. The molecule has 0 bridgehead atoms. The van der Waals surface area contributed by atoms with Crippen LogP contribution in [0.1, 0.15) is 37.3 Å². The van der Waals surface area contributed by atoms with Crippen LogP contribution < -0.4 is 15.4 Å². The summed E-state index contributed by atoms with van der Waals surface area (Å²) in [5.74, 6) is 0.940. The molecule has 0 saturated heterocycles. The minimum atomic E-state index is -0.382. The van der Waals surface area contributed by atoms with Gasteiger partial charge in [-0.05, 0) is 49.8 Å². The van der Waals surface area contributed by atoms with E-state index < -0.39 is 0 Å². The van der Waals surface area contributed by atoms with Crippen LogP contribution in [0.5, 0.6) is 5.75 Å².